The van der Waals surface area contributed by atoms with E-state index in [0.717, 1.165) is 17.7 Å². The molecular weight excluding hydrogens is 314 g/mol. The monoisotopic (exact) mass is 339 g/mol. The van der Waals surface area contributed by atoms with Crippen LogP contribution in [0.25, 0.3) is 0 Å². The molecule has 25 heavy (non-hydrogen) atoms. The largest absolute Gasteiger partial charge is 0.489 e. The molecule has 1 aliphatic rings. The molecule has 1 aromatic carbocycles. The fourth-order valence-electron chi connectivity index (χ4n) is 3.07. The molecule has 1 atom stereocenters. The van der Waals surface area contributed by atoms with Crippen molar-refractivity contribution in [2.75, 3.05) is 13.1 Å². The lowest BCUT2D eigenvalue weighted by molar-refractivity contribution is 0.0533. The highest BCUT2D eigenvalue weighted by Crippen LogP contribution is 2.28. The highest BCUT2D eigenvalue weighted by Gasteiger charge is 2.35. The second-order valence-corrected chi connectivity index (χ2v) is 7.28. The molecule has 0 bridgehead atoms. The molecule has 0 aliphatic carbocycles. The number of hydrogen-bond acceptors (Lipinski definition) is 4. The van der Waals surface area contributed by atoms with Crippen LogP contribution in [0.4, 0.5) is 0 Å². The molecule has 0 spiro atoms. The summed E-state index contributed by atoms with van der Waals surface area (Å²) in [7, 11) is 0. The topological polar surface area (TPSA) is 68.5 Å². The van der Waals surface area contributed by atoms with Gasteiger partial charge in [0.1, 0.15) is 12.4 Å². The number of amides is 1. The SMILES string of the molecule is CC1(C)CN(C(=O)c2ccc(OCc3ccncc3)cc2)CCC1N. The summed E-state index contributed by atoms with van der Waals surface area (Å²) in [6.07, 6.45) is 4.32. The van der Waals surface area contributed by atoms with Crippen LogP contribution in [0.15, 0.2) is 48.8 Å². The third-order valence-electron chi connectivity index (χ3n) is 4.86. The number of hydrogen-bond donors (Lipinski definition) is 1. The molecule has 1 amide bonds. The summed E-state index contributed by atoms with van der Waals surface area (Å²) in [6.45, 7) is 6.12. The van der Waals surface area contributed by atoms with Gasteiger partial charge in [-0.3, -0.25) is 9.78 Å². The van der Waals surface area contributed by atoms with E-state index in [1.54, 1.807) is 12.4 Å². The Balaban J connectivity index is 1.61. The van der Waals surface area contributed by atoms with Gasteiger partial charge in [0, 0.05) is 37.1 Å². The lowest BCUT2D eigenvalue weighted by atomic mass is 9.79. The Kier molecular flexibility index (Phi) is 5.04. The first-order chi connectivity index (χ1) is 12.0. The average molecular weight is 339 g/mol. The van der Waals surface area contributed by atoms with Crippen molar-refractivity contribution in [2.45, 2.75) is 32.9 Å². The van der Waals surface area contributed by atoms with Gasteiger partial charge in [-0.15, -0.1) is 0 Å². The molecule has 2 N–H and O–H groups in total. The Morgan fingerprint density at radius 2 is 1.92 bits per heavy atom. The van der Waals surface area contributed by atoms with Gasteiger partial charge in [-0.1, -0.05) is 13.8 Å². The van der Waals surface area contributed by atoms with Crippen molar-refractivity contribution in [1.82, 2.24) is 9.88 Å². The van der Waals surface area contributed by atoms with Crippen LogP contribution in [-0.2, 0) is 6.61 Å². The van der Waals surface area contributed by atoms with E-state index in [0.29, 0.717) is 25.3 Å². The minimum absolute atomic E-state index is 0.0541. The molecule has 0 radical (unpaired) electrons. The number of benzene rings is 1. The van der Waals surface area contributed by atoms with Crippen molar-refractivity contribution in [3.63, 3.8) is 0 Å². The Labute approximate surface area is 148 Å². The summed E-state index contributed by atoms with van der Waals surface area (Å²) in [5, 5.41) is 0. The smallest absolute Gasteiger partial charge is 0.253 e. The fourth-order valence-corrected chi connectivity index (χ4v) is 3.07. The first-order valence-electron chi connectivity index (χ1n) is 8.62. The van der Waals surface area contributed by atoms with Gasteiger partial charge in [-0.2, -0.15) is 0 Å². The minimum Gasteiger partial charge on any atom is -0.489 e. The molecule has 3 rings (SSSR count). The molecule has 1 saturated heterocycles. The molecule has 1 aliphatic heterocycles. The maximum atomic E-state index is 12.7. The molecule has 1 fully saturated rings. The Morgan fingerprint density at radius 3 is 2.56 bits per heavy atom. The van der Waals surface area contributed by atoms with Gasteiger partial charge >= 0.3 is 0 Å². The number of nitrogens with zero attached hydrogens (tertiary/aromatic N) is 2. The molecule has 2 aromatic rings. The number of carbonyl (C=O) groups excluding carboxylic acids is 1. The van der Waals surface area contributed by atoms with Gasteiger partial charge in [-0.05, 0) is 53.8 Å². The number of rotatable bonds is 4. The molecule has 1 aromatic heterocycles. The number of nitrogens with two attached hydrogens (primary N) is 1. The van der Waals surface area contributed by atoms with Crippen molar-refractivity contribution in [2.24, 2.45) is 11.1 Å². The van der Waals surface area contributed by atoms with Gasteiger partial charge in [0.25, 0.3) is 5.91 Å². The second kappa shape index (κ2) is 7.23. The minimum atomic E-state index is -0.0541. The van der Waals surface area contributed by atoms with E-state index in [9.17, 15) is 4.79 Å². The maximum absolute atomic E-state index is 12.7. The standard InChI is InChI=1S/C20H25N3O2/c1-20(2)14-23(12-9-18(20)21)19(24)16-3-5-17(6-4-16)25-13-15-7-10-22-11-8-15/h3-8,10-11,18H,9,12-14,21H2,1-2H3. The van der Waals surface area contributed by atoms with Gasteiger partial charge in [-0.25, -0.2) is 0 Å². The van der Waals surface area contributed by atoms with Gasteiger partial charge in [0.05, 0.1) is 0 Å². The molecule has 132 valence electrons. The first-order valence-corrected chi connectivity index (χ1v) is 8.62. The summed E-state index contributed by atoms with van der Waals surface area (Å²) in [6, 6.07) is 11.3. The highest BCUT2D eigenvalue weighted by atomic mass is 16.5. The molecule has 1 unspecified atom stereocenters. The second-order valence-electron chi connectivity index (χ2n) is 7.28. The predicted molar refractivity (Wildman–Crippen MR) is 97.3 cm³/mol. The number of likely N-dealkylation sites (tertiary alicyclic amines) is 1. The maximum Gasteiger partial charge on any atom is 0.253 e. The molecule has 5 heteroatoms. The van der Waals surface area contributed by atoms with Crippen LogP contribution in [0.3, 0.4) is 0 Å². The van der Waals surface area contributed by atoms with Crippen LogP contribution in [-0.4, -0.2) is 34.9 Å². The molecule has 5 nitrogen and oxygen atoms in total. The highest BCUT2D eigenvalue weighted by molar-refractivity contribution is 5.94. The van der Waals surface area contributed by atoms with Gasteiger partial charge in [0.2, 0.25) is 0 Å². The van der Waals surface area contributed by atoms with Crippen molar-refractivity contribution in [3.8, 4) is 5.75 Å². The van der Waals surface area contributed by atoms with Gasteiger partial charge in [0.15, 0.2) is 0 Å². The van der Waals surface area contributed by atoms with Crippen LogP contribution in [0.5, 0.6) is 5.75 Å². The predicted octanol–water partition coefficient (Wildman–Crippen LogP) is 2.86. The van der Waals surface area contributed by atoms with Crippen LogP contribution in [0.1, 0.15) is 36.2 Å². The number of carbonyl (C=O) groups is 1. The van der Waals surface area contributed by atoms with Crippen molar-refractivity contribution < 1.29 is 9.53 Å². The van der Waals surface area contributed by atoms with Crippen molar-refractivity contribution in [1.29, 1.82) is 0 Å². The van der Waals surface area contributed by atoms with Gasteiger partial charge < -0.3 is 15.4 Å². The van der Waals surface area contributed by atoms with Crippen molar-refractivity contribution >= 4 is 5.91 Å². The fraction of sp³-hybridized carbons (Fsp3) is 0.400. The van der Waals surface area contributed by atoms with E-state index in [1.165, 1.54) is 0 Å². The third-order valence-corrected chi connectivity index (χ3v) is 4.86. The summed E-state index contributed by atoms with van der Waals surface area (Å²) >= 11 is 0. The van der Waals surface area contributed by atoms with Crippen LogP contribution >= 0.6 is 0 Å². The quantitative estimate of drug-likeness (QED) is 0.930. The Bertz CT molecular complexity index is 713. The number of aromatic nitrogens is 1. The molecule has 2 heterocycles. The number of piperidine rings is 1. The Hall–Kier alpha value is -2.40. The lowest BCUT2D eigenvalue weighted by Gasteiger charge is -2.42. The van der Waals surface area contributed by atoms with E-state index < -0.39 is 0 Å². The van der Waals surface area contributed by atoms with E-state index >= 15 is 0 Å². The summed E-state index contributed by atoms with van der Waals surface area (Å²) < 4.78 is 5.75. The Morgan fingerprint density at radius 1 is 1.24 bits per heavy atom. The number of pyridine rings is 1. The zero-order valence-corrected chi connectivity index (χ0v) is 14.8. The lowest BCUT2D eigenvalue weighted by Crippen LogP contribution is -2.53. The average Bonchev–Trinajstić information content (AvgIpc) is 2.63. The van der Waals surface area contributed by atoms with Crippen LogP contribution in [0, 0.1) is 5.41 Å². The normalized spacial score (nSPS) is 19.5. The molecule has 0 saturated carbocycles. The summed E-state index contributed by atoms with van der Waals surface area (Å²) in [4.78, 5) is 18.6. The third kappa shape index (κ3) is 4.17. The zero-order chi connectivity index (χ0) is 17.9. The zero-order valence-electron chi connectivity index (χ0n) is 14.8. The summed E-state index contributed by atoms with van der Waals surface area (Å²) in [5.74, 6) is 0.801. The molecular formula is C20H25N3O2. The van der Waals surface area contributed by atoms with Crippen molar-refractivity contribution in [3.05, 3.63) is 59.9 Å². The summed E-state index contributed by atoms with van der Waals surface area (Å²) in [5.41, 5.74) is 7.84. The van der Waals surface area contributed by atoms with Crippen LogP contribution < -0.4 is 10.5 Å². The van der Waals surface area contributed by atoms with E-state index in [4.69, 9.17) is 10.5 Å². The first kappa shape index (κ1) is 17.4. The van der Waals surface area contributed by atoms with E-state index in [1.807, 2.05) is 41.3 Å². The van der Waals surface area contributed by atoms with E-state index in [-0.39, 0.29) is 17.4 Å². The van der Waals surface area contributed by atoms with Crippen LogP contribution in [0.2, 0.25) is 0 Å². The number of ether oxygens (including phenoxy) is 1. The van der Waals surface area contributed by atoms with E-state index in [2.05, 4.69) is 18.8 Å².